The standard InChI is InChI=1S/C24H20N2/c1-4-21-16(2)19-14-23-20(18-12-8-9-13-22(18)25(23)3)15-24(19)26(21)17-10-6-5-7-11-17/h4-15H,1H2,2-3H3. The highest BCUT2D eigenvalue weighted by atomic mass is 15.0. The third kappa shape index (κ3) is 1.87. The van der Waals surface area contributed by atoms with Gasteiger partial charge in [-0.15, -0.1) is 0 Å². The molecular weight excluding hydrogens is 316 g/mol. The minimum Gasteiger partial charge on any atom is -0.344 e. The van der Waals surface area contributed by atoms with Crippen molar-refractivity contribution in [1.29, 1.82) is 0 Å². The van der Waals surface area contributed by atoms with Crippen molar-refractivity contribution in [2.45, 2.75) is 6.92 Å². The maximum Gasteiger partial charge on any atom is 0.0545 e. The van der Waals surface area contributed by atoms with Crippen LogP contribution < -0.4 is 0 Å². The smallest absolute Gasteiger partial charge is 0.0545 e. The molecule has 0 bridgehead atoms. The number of nitrogens with zero attached hydrogens (tertiary/aromatic N) is 2. The van der Waals surface area contributed by atoms with Crippen molar-refractivity contribution in [3.63, 3.8) is 0 Å². The van der Waals surface area contributed by atoms with Crippen molar-refractivity contribution in [3.05, 3.63) is 84.6 Å². The van der Waals surface area contributed by atoms with Crippen LogP contribution in [0.3, 0.4) is 0 Å². The molecule has 2 heterocycles. The fraction of sp³-hybridized carbons (Fsp3) is 0.0833. The van der Waals surface area contributed by atoms with Gasteiger partial charge < -0.3 is 9.13 Å². The number of aromatic nitrogens is 2. The van der Waals surface area contributed by atoms with Gasteiger partial charge in [0.1, 0.15) is 0 Å². The van der Waals surface area contributed by atoms with Crippen LogP contribution in [0.4, 0.5) is 0 Å². The van der Waals surface area contributed by atoms with Gasteiger partial charge in [0.05, 0.1) is 5.52 Å². The number of hydrogen-bond acceptors (Lipinski definition) is 0. The van der Waals surface area contributed by atoms with Gasteiger partial charge in [0.25, 0.3) is 0 Å². The van der Waals surface area contributed by atoms with Gasteiger partial charge in [-0.05, 0) is 48.9 Å². The van der Waals surface area contributed by atoms with E-state index in [2.05, 4.69) is 96.4 Å². The molecule has 2 nitrogen and oxygen atoms in total. The van der Waals surface area contributed by atoms with Gasteiger partial charge in [0.2, 0.25) is 0 Å². The number of benzene rings is 3. The van der Waals surface area contributed by atoms with Gasteiger partial charge >= 0.3 is 0 Å². The van der Waals surface area contributed by atoms with Crippen LogP contribution in [-0.2, 0) is 7.05 Å². The summed E-state index contributed by atoms with van der Waals surface area (Å²) in [5, 5.41) is 3.87. The van der Waals surface area contributed by atoms with Gasteiger partial charge in [-0.25, -0.2) is 0 Å². The average Bonchev–Trinajstić information content (AvgIpc) is 3.13. The highest BCUT2D eigenvalue weighted by molar-refractivity contribution is 6.13. The van der Waals surface area contributed by atoms with Crippen LogP contribution in [0.5, 0.6) is 0 Å². The second-order valence-electron chi connectivity index (χ2n) is 6.85. The SMILES string of the molecule is C=Cc1c(C)c2cc3c(cc2n1-c1ccccc1)c1ccccc1n3C. The second kappa shape index (κ2) is 5.37. The van der Waals surface area contributed by atoms with Crippen LogP contribution in [0.25, 0.3) is 44.5 Å². The summed E-state index contributed by atoms with van der Waals surface area (Å²) in [6.45, 7) is 6.26. The van der Waals surface area contributed by atoms with Crippen molar-refractivity contribution in [2.24, 2.45) is 7.05 Å². The van der Waals surface area contributed by atoms with Crippen LogP contribution >= 0.6 is 0 Å². The maximum absolute atomic E-state index is 4.07. The Kier molecular flexibility index (Phi) is 3.10. The Labute approximate surface area is 152 Å². The van der Waals surface area contributed by atoms with E-state index in [1.807, 2.05) is 6.08 Å². The third-order valence-electron chi connectivity index (χ3n) is 5.51. The van der Waals surface area contributed by atoms with Gasteiger partial charge in [-0.3, -0.25) is 0 Å². The van der Waals surface area contributed by atoms with Crippen LogP contribution in [0.1, 0.15) is 11.3 Å². The molecule has 0 atom stereocenters. The summed E-state index contributed by atoms with van der Waals surface area (Å²) in [6, 6.07) is 23.8. The molecular formula is C24H20N2. The Morgan fingerprint density at radius 1 is 0.769 bits per heavy atom. The van der Waals surface area contributed by atoms with Crippen LogP contribution in [0.2, 0.25) is 0 Å². The quantitative estimate of drug-likeness (QED) is 0.362. The van der Waals surface area contributed by atoms with Crippen molar-refractivity contribution < 1.29 is 0 Å². The molecule has 3 aromatic carbocycles. The predicted molar refractivity (Wildman–Crippen MR) is 112 cm³/mol. The number of para-hydroxylation sites is 2. The molecule has 5 rings (SSSR count). The molecule has 0 radical (unpaired) electrons. The Bertz CT molecular complexity index is 1300. The molecule has 0 saturated heterocycles. The normalized spacial score (nSPS) is 11.6. The molecule has 26 heavy (non-hydrogen) atoms. The Balaban J connectivity index is 2.00. The molecule has 126 valence electrons. The third-order valence-corrected chi connectivity index (χ3v) is 5.51. The highest BCUT2D eigenvalue weighted by Crippen LogP contribution is 2.36. The van der Waals surface area contributed by atoms with Crippen molar-refractivity contribution in [3.8, 4) is 5.69 Å². The van der Waals surface area contributed by atoms with E-state index in [9.17, 15) is 0 Å². The van der Waals surface area contributed by atoms with E-state index in [1.165, 1.54) is 44.0 Å². The van der Waals surface area contributed by atoms with E-state index in [0.29, 0.717) is 0 Å². The number of rotatable bonds is 2. The van der Waals surface area contributed by atoms with E-state index >= 15 is 0 Å². The first-order valence-electron chi connectivity index (χ1n) is 8.90. The Morgan fingerprint density at radius 2 is 1.46 bits per heavy atom. The van der Waals surface area contributed by atoms with Crippen molar-refractivity contribution in [2.75, 3.05) is 0 Å². The fourth-order valence-electron chi connectivity index (χ4n) is 4.21. The lowest BCUT2D eigenvalue weighted by molar-refractivity contribution is 1.01. The molecule has 0 aliphatic carbocycles. The first-order valence-corrected chi connectivity index (χ1v) is 8.90. The fourth-order valence-corrected chi connectivity index (χ4v) is 4.21. The molecule has 0 N–H and O–H groups in total. The van der Waals surface area contributed by atoms with Gasteiger partial charge in [-0.2, -0.15) is 0 Å². The molecule has 2 aromatic heterocycles. The summed E-state index contributed by atoms with van der Waals surface area (Å²) in [7, 11) is 2.15. The zero-order valence-electron chi connectivity index (χ0n) is 15.0. The monoisotopic (exact) mass is 336 g/mol. The Hall–Kier alpha value is -3.26. The lowest BCUT2D eigenvalue weighted by Gasteiger charge is -2.09. The summed E-state index contributed by atoms with van der Waals surface area (Å²) in [5.41, 5.74) is 7.36. The summed E-state index contributed by atoms with van der Waals surface area (Å²) in [4.78, 5) is 0. The number of hydrogen-bond donors (Lipinski definition) is 0. The van der Waals surface area contributed by atoms with E-state index in [-0.39, 0.29) is 0 Å². The molecule has 0 saturated carbocycles. The largest absolute Gasteiger partial charge is 0.344 e. The molecule has 0 amide bonds. The number of aryl methyl sites for hydroxylation is 2. The van der Waals surface area contributed by atoms with Crippen molar-refractivity contribution in [1.82, 2.24) is 9.13 Å². The molecule has 0 fully saturated rings. The Morgan fingerprint density at radius 3 is 2.23 bits per heavy atom. The first kappa shape index (κ1) is 15.0. The van der Waals surface area contributed by atoms with Gasteiger partial charge in [0.15, 0.2) is 0 Å². The second-order valence-corrected chi connectivity index (χ2v) is 6.85. The highest BCUT2D eigenvalue weighted by Gasteiger charge is 2.17. The molecule has 2 heteroatoms. The van der Waals surface area contributed by atoms with E-state index in [4.69, 9.17) is 0 Å². The van der Waals surface area contributed by atoms with Crippen LogP contribution in [0, 0.1) is 6.92 Å². The molecule has 0 aliphatic heterocycles. The zero-order valence-corrected chi connectivity index (χ0v) is 15.0. The maximum atomic E-state index is 4.07. The minimum absolute atomic E-state index is 1.16. The predicted octanol–water partition coefficient (Wildman–Crippen LogP) is 6.23. The summed E-state index contributed by atoms with van der Waals surface area (Å²) in [6.07, 6.45) is 1.96. The summed E-state index contributed by atoms with van der Waals surface area (Å²) in [5.74, 6) is 0. The minimum atomic E-state index is 1.16. The number of fused-ring (bicyclic) bond motifs is 4. The van der Waals surface area contributed by atoms with Crippen LogP contribution in [-0.4, -0.2) is 9.13 Å². The van der Waals surface area contributed by atoms with E-state index < -0.39 is 0 Å². The summed E-state index contributed by atoms with van der Waals surface area (Å²) >= 11 is 0. The molecule has 0 unspecified atom stereocenters. The first-order chi connectivity index (χ1) is 12.7. The van der Waals surface area contributed by atoms with Crippen molar-refractivity contribution >= 4 is 38.8 Å². The van der Waals surface area contributed by atoms with Crippen LogP contribution in [0.15, 0.2) is 73.3 Å². The zero-order chi connectivity index (χ0) is 17.8. The molecule has 0 spiro atoms. The molecule has 5 aromatic rings. The topological polar surface area (TPSA) is 9.86 Å². The van der Waals surface area contributed by atoms with Gasteiger partial charge in [0, 0.05) is 45.6 Å². The van der Waals surface area contributed by atoms with E-state index in [0.717, 1.165) is 5.69 Å². The van der Waals surface area contributed by atoms with E-state index in [1.54, 1.807) is 0 Å². The average molecular weight is 336 g/mol. The summed E-state index contributed by atoms with van der Waals surface area (Å²) < 4.78 is 4.61. The lowest BCUT2D eigenvalue weighted by atomic mass is 10.1. The molecule has 0 aliphatic rings. The van der Waals surface area contributed by atoms with Gasteiger partial charge in [-0.1, -0.05) is 43.0 Å². The lowest BCUT2D eigenvalue weighted by Crippen LogP contribution is -1.96.